The fraction of sp³-hybridized carbons (Fsp3) is 0.417. The molecule has 1 aromatic rings. The Morgan fingerprint density at radius 3 is 2.71 bits per heavy atom. The smallest absolute Gasteiger partial charge is 0.144 e. The molecule has 0 N–H and O–H groups in total. The highest BCUT2D eigenvalue weighted by Gasteiger charge is 2.25. The largest absolute Gasteiger partial charge is 0.591 e. The molecule has 0 heterocycles. The van der Waals surface area contributed by atoms with Gasteiger partial charge in [0.1, 0.15) is 21.9 Å². The molecule has 17 heavy (non-hydrogen) atoms. The second kappa shape index (κ2) is 5.98. The molecule has 1 aromatic carbocycles. The summed E-state index contributed by atoms with van der Waals surface area (Å²) in [5.41, 5.74) is 0.536. The van der Waals surface area contributed by atoms with Gasteiger partial charge < -0.3 is 4.55 Å². The second-order valence-corrected chi connectivity index (χ2v) is 7.44. The predicted molar refractivity (Wildman–Crippen MR) is 74.2 cm³/mol. The summed E-state index contributed by atoms with van der Waals surface area (Å²) in [6, 6.07) is 4.73. The highest BCUT2D eigenvalue weighted by molar-refractivity contribution is 9.10. The van der Waals surface area contributed by atoms with Gasteiger partial charge in [0.05, 0.1) is 6.21 Å². The molecule has 0 saturated heterocycles. The lowest BCUT2D eigenvalue weighted by Crippen LogP contribution is -2.25. The van der Waals surface area contributed by atoms with Crippen LogP contribution in [0.4, 0.5) is 4.39 Å². The number of rotatable bonds is 3. The van der Waals surface area contributed by atoms with E-state index in [1.54, 1.807) is 12.1 Å². The van der Waals surface area contributed by atoms with Crippen LogP contribution in [0.15, 0.2) is 27.1 Å². The van der Waals surface area contributed by atoms with Gasteiger partial charge in [0, 0.05) is 10.9 Å². The summed E-state index contributed by atoms with van der Waals surface area (Å²) in [6.07, 6.45) is 1.85. The summed E-state index contributed by atoms with van der Waals surface area (Å²) in [5, 5.41) is 0. The van der Waals surface area contributed by atoms with Crippen molar-refractivity contribution >= 4 is 33.5 Å². The Bertz CT molecular complexity index is 417. The third kappa shape index (κ3) is 4.77. The topological polar surface area (TPSA) is 35.4 Å². The number of hydrogen-bond donors (Lipinski definition) is 0. The third-order valence-electron chi connectivity index (χ3n) is 2.01. The first-order valence-corrected chi connectivity index (χ1v) is 7.09. The molecule has 0 saturated carbocycles. The van der Waals surface area contributed by atoms with Gasteiger partial charge in [0.15, 0.2) is 0 Å². The molecule has 0 fully saturated rings. The van der Waals surface area contributed by atoms with E-state index in [-0.39, 0.29) is 10.6 Å². The molecule has 2 nitrogen and oxygen atoms in total. The predicted octanol–water partition coefficient (Wildman–Crippen LogP) is 3.66. The molecule has 0 aliphatic rings. The van der Waals surface area contributed by atoms with Crippen molar-refractivity contribution in [2.45, 2.75) is 31.9 Å². The van der Waals surface area contributed by atoms with Gasteiger partial charge >= 0.3 is 0 Å². The molecule has 0 spiro atoms. The molecule has 0 bridgehead atoms. The molecular formula is C12H15BrFNOS. The van der Waals surface area contributed by atoms with E-state index in [2.05, 4.69) is 20.3 Å². The van der Waals surface area contributed by atoms with Crippen LogP contribution < -0.4 is 0 Å². The van der Waals surface area contributed by atoms with Crippen LogP contribution in [-0.2, 0) is 17.8 Å². The maximum atomic E-state index is 13.4. The average Bonchev–Trinajstić information content (AvgIpc) is 2.21. The quantitative estimate of drug-likeness (QED) is 0.618. The minimum atomic E-state index is -1.29. The summed E-state index contributed by atoms with van der Waals surface area (Å²) in [5.74, 6) is -0.277. The van der Waals surface area contributed by atoms with Crippen molar-refractivity contribution < 1.29 is 8.94 Å². The lowest BCUT2D eigenvalue weighted by atomic mass is 10.1. The summed E-state index contributed by atoms with van der Waals surface area (Å²) in [4.78, 5) is 0. The first kappa shape index (κ1) is 14.7. The van der Waals surface area contributed by atoms with E-state index in [4.69, 9.17) is 0 Å². The van der Waals surface area contributed by atoms with Crippen molar-refractivity contribution in [1.82, 2.24) is 0 Å². The minimum Gasteiger partial charge on any atom is -0.591 e. The summed E-state index contributed by atoms with van der Waals surface area (Å²) >= 11 is 1.99. The highest BCUT2D eigenvalue weighted by Crippen LogP contribution is 2.18. The van der Waals surface area contributed by atoms with Crippen LogP contribution >= 0.6 is 15.9 Å². The van der Waals surface area contributed by atoms with Crippen LogP contribution in [0.5, 0.6) is 0 Å². The Balaban J connectivity index is 2.67. The first-order chi connectivity index (χ1) is 7.80. The maximum absolute atomic E-state index is 13.4. The zero-order valence-corrected chi connectivity index (χ0v) is 12.4. The Kier molecular flexibility index (Phi) is 5.16. The fourth-order valence-corrected chi connectivity index (χ4v) is 2.00. The lowest BCUT2D eigenvalue weighted by Gasteiger charge is -2.17. The standard InChI is InChI=1S/C12H15BrFNOS/c1-12(2,3)17(16)15-7-6-9-8-10(13)4-5-11(9)14/h4-5,7-8H,6H2,1-3H3. The van der Waals surface area contributed by atoms with E-state index in [0.717, 1.165) is 4.47 Å². The van der Waals surface area contributed by atoms with Crippen molar-refractivity contribution in [2.24, 2.45) is 4.40 Å². The van der Waals surface area contributed by atoms with Crippen LogP contribution in [0.25, 0.3) is 0 Å². The molecule has 0 aromatic heterocycles. The zero-order valence-electron chi connectivity index (χ0n) is 10.0. The molecule has 0 amide bonds. The van der Waals surface area contributed by atoms with E-state index in [0.29, 0.717) is 12.0 Å². The van der Waals surface area contributed by atoms with Crippen molar-refractivity contribution in [1.29, 1.82) is 0 Å². The van der Waals surface area contributed by atoms with Gasteiger partial charge in [-0.15, -0.1) is 0 Å². The van der Waals surface area contributed by atoms with E-state index in [1.165, 1.54) is 12.3 Å². The molecule has 1 rings (SSSR count). The molecular weight excluding hydrogens is 305 g/mol. The molecule has 94 valence electrons. The van der Waals surface area contributed by atoms with Crippen molar-refractivity contribution in [3.05, 3.63) is 34.1 Å². The highest BCUT2D eigenvalue weighted by atomic mass is 79.9. The SMILES string of the molecule is CC(C)(C)[S+]([O-])N=CCc1cc(Br)ccc1F. The summed E-state index contributed by atoms with van der Waals surface area (Å²) in [7, 11) is 0. The summed E-state index contributed by atoms with van der Waals surface area (Å²) in [6.45, 7) is 5.54. The van der Waals surface area contributed by atoms with Crippen molar-refractivity contribution in [3.8, 4) is 0 Å². The lowest BCUT2D eigenvalue weighted by molar-refractivity contribution is 0.561. The van der Waals surface area contributed by atoms with E-state index < -0.39 is 11.4 Å². The molecule has 0 aliphatic heterocycles. The number of benzene rings is 1. The number of halogens is 2. The zero-order chi connectivity index (χ0) is 13.1. The fourth-order valence-electron chi connectivity index (χ4n) is 1.06. The van der Waals surface area contributed by atoms with Gasteiger partial charge in [-0.1, -0.05) is 20.3 Å². The van der Waals surface area contributed by atoms with Gasteiger partial charge in [-0.25, -0.2) is 4.39 Å². The molecule has 5 heteroatoms. The molecule has 0 aliphatic carbocycles. The van der Waals surface area contributed by atoms with Gasteiger partial charge in [-0.3, -0.25) is 0 Å². The van der Waals surface area contributed by atoms with Gasteiger partial charge in [0.2, 0.25) is 0 Å². The van der Waals surface area contributed by atoms with Crippen molar-refractivity contribution in [3.63, 3.8) is 0 Å². The Hall–Kier alpha value is -0.390. The molecule has 0 radical (unpaired) electrons. The Labute approximate surface area is 113 Å². The van der Waals surface area contributed by atoms with E-state index in [1.807, 2.05) is 20.8 Å². The average molecular weight is 320 g/mol. The van der Waals surface area contributed by atoms with Crippen LogP contribution in [0.2, 0.25) is 0 Å². The van der Waals surface area contributed by atoms with E-state index >= 15 is 0 Å². The van der Waals surface area contributed by atoms with Gasteiger partial charge in [-0.2, -0.15) is 0 Å². The van der Waals surface area contributed by atoms with Crippen molar-refractivity contribution in [2.75, 3.05) is 0 Å². The van der Waals surface area contributed by atoms with Crippen LogP contribution in [0, 0.1) is 5.82 Å². The normalized spacial score (nSPS) is 14.2. The minimum absolute atomic E-state index is 0.277. The molecule has 1 unspecified atom stereocenters. The van der Waals surface area contributed by atoms with Crippen LogP contribution in [0.3, 0.4) is 0 Å². The summed E-state index contributed by atoms with van der Waals surface area (Å²) < 4.78 is 29.3. The Morgan fingerprint density at radius 2 is 2.12 bits per heavy atom. The third-order valence-corrected chi connectivity index (χ3v) is 3.89. The monoisotopic (exact) mass is 319 g/mol. The van der Waals surface area contributed by atoms with E-state index in [9.17, 15) is 8.94 Å². The molecule has 1 atom stereocenters. The van der Waals surface area contributed by atoms with Gasteiger partial charge in [-0.05, 0) is 44.5 Å². The maximum Gasteiger partial charge on any atom is 0.144 e. The Morgan fingerprint density at radius 1 is 1.47 bits per heavy atom. The second-order valence-electron chi connectivity index (χ2n) is 4.59. The first-order valence-electron chi connectivity index (χ1n) is 5.19. The van der Waals surface area contributed by atoms with Gasteiger partial charge in [0.25, 0.3) is 0 Å². The van der Waals surface area contributed by atoms with Crippen LogP contribution in [-0.4, -0.2) is 15.5 Å². The van der Waals surface area contributed by atoms with Crippen LogP contribution in [0.1, 0.15) is 26.3 Å². The number of nitrogens with zero attached hydrogens (tertiary/aromatic N) is 1. The number of hydrogen-bond acceptors (Lipinski definition) is 2.